The average molecular weight is 815 g/mol. The summed E-state index contributed by atoms with van der Waals surface area (Å²) in [6.45, 7) is 4.06. The molecule has 0 radical (unpaired) electrons. The van der Waals surface area contributed by atoms with Crippen LogP contribution in [-0.2, 0) is 32.7 Å². The van der Waals surface area contributed by atoms with Gasteiger partial charge in [0.1, 0.15) is 19.8 Å². The lowest BCUT2D eigenvalue weighted by Gasteiger charge is -2.24. The number of quaternary nitrogens is 1. The van der Waals surface area contributed by atoms with Gasteiger partial charge in [-0.15, -0.1) is 0 Å². The van der Waals surface area contributed by atoms with Crippen LogP contribution >= 0.6 is 7.82 Å². The SMILES string of the molecule is CCCCC/C=C\CC(O)/C=C/C=C\C=C\C(O)CCCC(=O)O[C@H](COC(=O)CCCCCCCCCCCCCCC)COP(=O)(O)OCC[N+](C)(C)C. The van der Waals surface area contributed by atoms with E-state index < -0.39 is 44.7 Å². The molecule has 0 saturated heterocycles. The molecule has 56 heavy (non-hydrogen) atoms. The third kappa shape index (κ3) is 38.7. The molecule has 0 aromatic carbocycles. The summed E-state index contributed by atoms with van der Waals surface area (Å²) in [4.78, 5) is 35.3. The number of hydrogen-bond donors (Lipinski definition) is 3. The van der Waals surface area contributed by atoms with Gasteiger partial charge in [-0.2, -0.15) is 0 Å². The maximum atomic E-state index is 12.7. The standard InChI is InChI=1S/C44H80NO10P/c1-6-8-10-12-14-15-16-17-18-19-20-22-28-34-43(48)52-38-42(39-54-56(50,51)53-37-36-45(3,4)5)55-44(49)35-29-33-41(47)32-27-24-23-26-31-40(46)30-25-21-13-11-9-7-2/h21,23-27,31-32,40-42,46-47H,6-20,22,28-30,33-39H2,1-5H3/p+1/b24-23-,25-21-,31-26+,32-27+/t40?,41?,42-/m1/s1. The minimum atomic E-state index is -4.44. The van der Waals surface area contributed by atoms with E-state index in [0.717, 1.165) is 25.7 Å². The molecule has 0 fully saturated rings. The normalized spacial score (nSPS) is 15.2. The number of carbonyl (C=O) groups is 2. The molecule has 0 spiro atoms. The van der Waals surface area contributed by atoms with Crippen molar-refractivity contribution in [2.75, 3.05) is 47.5 Å². The van der Waals surface area contributed by atoms with Crippen LogP contribution in [0.2, 0.25) is 0 Å². The van der Waals surface area contributed by atoms with Gasteiger partial charge in [-0.25, -0.2) is 4.57 Å². The number of carbonyl (C=O) groups excluding carboxylic acids is 2. The molecule has 0 aliphatic rings. The van der Waals surface area contributed by atoms with Crippen molar-refractivity contribution in [3.8, 4) is 0 Å². The van der Waals surface area contributed by atoms with Crippen molar-refractivity contribution >= 4 is 19.8 Å². The van der Waals surface area contributed by atoms with E-state index in [9.17, 15) is 29.3 Å². The number of phosphoric ester groups is 1. The number of hydrogen-bond acceptors (Lipinski definition) is 9. The maximum Gasteiger partial charge on any atom is 0.472 e. The third-order valence-electron chi connectivity index (χ3n) is 9.05. The lowest BCUT2D eigenvalue weighted by Crippen LogP contribution is -2.37. The van der Waals surface area contributed by atoms with Gasteiger partial charge in [0, 0.05) is 12.8 Å². The third-order valence-corrected chi connectivity index (χ3v) is 10.0. The highest BCUT2D eigenvalue weighted by molar-refractivity contribution is 7.47. The fourth-order valence-corrected chi connectivity index (χ4v) is 6.30. The second kappa shape index (κ2) is 36.0. The number of ether oxygens (including phenoxy) is 2. The first kappa shape index (κ1) is 53.9. The molecule has 0 heterocycles. The molecule has 3 N–H and O–H groups in total. The minimum absolute atomic E-state index is 0.0145. The molecule has 0 aromatic heterocycles. The summed E-state index contributed by atoms with van der Waals surface area (Å²) < 4.78 is 34.0. The number of nitrogens with zero attached hydrogens (tertiary/aromatic N) is 1. The number of esters is 2. The summed E-state index contributed by atoms with van der Waals surface area (Å²) in [5, 5.41) is 20.3. The van der Waals surface area contributed by atoms with E-state index in [1.54, 1.807) is 36.5 Å². The van der Waals surface area contributed by atoms with Gasteiger partial charge in [0.15, 0.2) is 6.10 Å². The Morgan fingerprint density at radius 3 is 1.77 bits per heavy atom. The fourth-order valence-electron chi connectivity index (χ4n) is 5.56. The predicted molar refractivity (Wildman–Crippen MR) is 227 cm³/mol. The zero-order valence-electron chi connectivity index (χ0n) is 35.8. The van der Waals surface area contributed by atoms with Crippen LogP contribution in [0.1, 0.15) is 155 Å². The van der Waals surface area contributed by atoms with Crippen LogP contribution in [0.15, 0.2) is 48.6 Å². The molecular weight excluding hydrogens is 733 g/mol. The first-order valence-electron chi connectivity index (χ1n) is 21.6. The average Bonchev–Trinajstić information content (AvgIpc) is 3.13. The molecule has 0 saturated carbocycles. The van der Waals surface area contributed by atoms with Crippen molar-refractivity contribution in [1.82, 2.24) is 0 Å². The molecule has 0 amide bonds. The van der Waals surface area contributed by atoms with Gasteiger partial charge in [-0.1, -0.05) is 152 Å². The van der Waals surface area contributed by atoms with Crippen LogP contribution < -0.4 is 0 Å². The first-order chi connectivity index (χ1) is 26.8. The van der Waals surface area contributed by atoms with Gasteiger partial charge in [0.05, 0.1) is 40.0 Å². The number of rotatable bonds is 38. The monoisotopic (exact) mass is 815 g/mol. The topological polar surface area (TPSA) is 149 Å². The van der Waals surface area contributed by atoms with E-state index in [1.165, 1.54) is 77.0 Å². The second-order valence-electron chi connectivity index (χ2n) is 15.8. The number of allylic oxidation sites excluding steroid dienone is 5. The molecule has 0 aliphatic carbocycles. The van der Waals surface area contributed by atoms with Crippen molar-refractivity contribution in [3.63, 3.8) is 0 Å². The van der Waals surface area contributed by atoms with Gasteiger partial charge in [0.25, 0.3) is 0 Å². The van der Waals surface area contributed by atoms with E-state index in [1.807, 2.05) is 27.2 Å². The van der Waals surface area contributed by atoms with Crippen LogP contribution in [0.4, 0.5) is 0 Å². The van der Waals surface area contributed by atoms with Crippen molar-refractivity contribution in [2.24, 2.45) is 0 Å². The molecule has 0 bridgehead atoms. The zero-order valence-corrected chi connectivity index (χ0v) is 36.7. The van der Waals surface area contributed by atoms with Gasteiger partial charge >= 0.3 is 19.8 Å². The smallest absolute Gasteiger partial charge is 0.462 e. The Hall–Kier alpha value is -2.11. The van der Waals surface area contributed by atoms with E-state index in [4.69, 9.17) is 18.5 Å². The summed E-state index contributed by atoms with van der Waals surface area (Å²) >= 11 is 0. The highest BCUT2D eigenvalue weighted by Crippen LogP contribution is 2.43. The lowest BCUT2D eigenvalue weighted by atomic mass is 10.0. The minimum Gasteiger partial charge on any atom is -0.462 e. The molecular formula is C44H81NO10P+. The zero-order chi connectivity index (χ0) is 41.8. The number of aliphatic hydroxyl groups is 2. The van der Waals surface area contributed by atoms with E-state index >= 15 is 0 Å². The summed E-state index contributed by atoms with van der Waals surface area (Å²) in [5.74, 6) is -1.04. The molecule has 326 valence electrons. The fraction of sp³-hybridized carbons (Fsp3) is 0.773. The molecule has 4 atom stereocenters. The molecule has 0 aromatic rings. The summed E-state index contributed by atoms with van der Waals surface area (Å²) in [7, 11) is 1.32. The van der Waals surface area contributed by atoms with Crippen molar-refractivity contribution < 1.29 is 52.3 Å². The van der Waals surface area contributed by atoms with Crippen LogP contribution in [-0.4, -0.2) is 97.3 Å². The summed E-state index contributed by atoms with van der Waals surface area (Å²) in [6, 6.07) is 0. The quantitative estimate of drug-likeness (QED) is 0.0137. The molecule has 0 rings (SSSR count). The van der Waals surface area contributed by atoms with Crippen molar-refractivity contribution in [3.05, 3.63) is 48.6 Å². The molecule has 3 unspecified atom stereocenters. The predicted octanol–water partition coefficient (Wildman–Crippen LogP) is 9.85. The Labute approximate surface area is 340 Å². The van der Waals surface area contributed by atoms with Crippen LogP contribution in [0.3, 0.4) is 0 Å². The van der Waals surface area contributed by atoms with Crippen molar-refractivity contribution in [1.29, 1.82) is 0 Å². The number of aliphatic hydroxyl groups excluding tert-OH is 2. The number of phosphoric acid groups is 1. The Balaban J connectivity index is 4.66. The number of unbranched alkanes of at least 4 members (excludes halogenated alkanes) is 15. The Kier molecular flexibility index (Phi) is 34.6. The van der Waals surface area contributed by atoms with E-state index in [2.05, 4.69) is 19.9 Å². The Morgan fingerprint density at radius 2 is 1.18 bits per heavy atom. The van der Waals surface area contributed by atoms with Crippen LogP contribution in [0, 0.1) is 0 Å². The van der Waals surface area contributed by atoms with Gasteiger partial charge in [0.2, 0.25) is 0 Å². The van der Waals surface area contributed by atoms with Gasteiger partial charge in [-0.3, -0.25) is 18.6 Å². The maximum absolute atomic E-state index is 12.7. The largest absolute Gasteiger partial charge is 0.472 e. The van der Waals surface area contributed by atoms with Crippen LogP contribution in [0.5, 0.6) is 0 Å². The van der Waals surface area contributed by atoms with Crippen LogP contribution in [0.25, 0.3) is 0 Å². The van der Waals surface area contributed by atoms with Crippen molar-refractivity contribution in [2.45, 2.75) is 173 Å². The second-order valence-corrected chi connectivity index (χ2v) is 17.2. The highest BCUT2D eigenvalue weighted by Gasteiger charge is 2.27. The number of likely N-dealkylation sites (N-methyl/N-ethyl adjacent to an activating group) is 1. The van der Waals surface area contributed by atoms with Gasteiger partial charge < -0.3 is 29.1 Å². The van der Waals surface area contributed by atoms with E-state index in [-0.39, 0.29) is 26.1 Å². The summed E-state index contributed by atoms with van der Waals surface area (Å²) in [6.07, 6.45) is 33.6. The lowest BCUT2D eigenvalue weighted by molar-refractivity contribution is -0.870. The molecule has 0 aliphatic heterocycles. The summed E-state index contributed by atoms with van der Waals surface area (Å²) in [5.41, 5.74) is 0. The molecule has 12 heteroatoms. The van der Waals surface area contributed by atoms with Gasteiger partial charge in [-0.05, 0) is 38.5 Å². The first-order valence-corrected chi connectivity index (χ1v) is 23.1. The highest BCUT2D eigenvalue weighted by atomic mass is 31.2. The Bertz CT molecular complexity index is 1130. The Morgan fingerprint density at radius 1 is 0.643 bits per heavy atom. The molecule has 11 nitrogen and oxygen atoms in total. The van der Waals surface area contributed by atoms with E-state index in [0.29, 0.717) is 36.7 Å².